The Labute approximate surface area is 156 Å². The lowest BCUT2D eigenvalue weighted by Gasteiger charge is -2.28. The first kappa shape index (κ1) is 17.7. The van der Waals surface area contributed by atoms with Crippen LogP contribution in [0.4, 0.5) is 5.69 Å². The van der Waals surface area contributed by atoms with E-state index in [4.69, 9.17) is 0 Å². The summed E-state index contributed by atoms with van der Waals surface area (Å²) in [5, 5.41) is 8.86. The van der Waals surface area contributed by atoms with E-state index >= 15 is 0 Å². The van der Waals surface area contributed by atoms with Gasteiger partial charge in [-0.05, 0) is 50.4 Å². The number of piperidine rings is 2. The molecule has 1 aromatic carbocycles. The van der Waals surface area contributed by atoms with Crippen molar-refractivity contribution < 1.29 is 19.2 Å². The highest BCUT2D eigenvalue weighted by molar-refractivity contribution is 6.25. The Morgan fingerprint density at radius 1 is 1.04 bits per heavy atom. The molecule has 4 rings (SSSR count). The van der Waals surface area contributed by atoms with E-state index in [2.05, 4.69) is 16.0 Å². The van der Waals surface area contributed by atoms with Crippen molar-refractivity contribution in [2.45, 2.75) is 31.7 Å². The second-order valence-electron chi connectivity index (χ2n) is 7.25. The number of amides is 4. The number of carbonyl (C=O) groups excluding carboxylic acids is 4. The van der Waals surface area contributed by atoms with Crippen LogP contribution in [-0.2, 0) is 9.59 Å². The molecule has 27 heavy (non-hydrogen) atoms. The van der Waals surface area contributed by atoms with Gasteiger partial charge < -0.3 is 10.6 Å². The minimum Gasteiger partial charge on any atom is -0.384 e. The van der Waals surface area contributed by atoms with Gasteiger partial charge in [-0.15, -0.1) is 0 Å². The summed E-state index contributed by atoms with van der Waals surface area (Å²) >= 11 is 0. The van der Waals surface area contributed by atoms with E-state index in [-0.39, 0.29) is 18.7 Å². The van der Waals surface area contributed by atoms with Crippen LogP contribution >= 0.6 is 0 Å². The minimum atomic E-state index is -0.938. The van der Waals surface area contributed by atoms with Crippen molar-refractivity contribution in [2.24, 2.45) is 5.92 Å². The van der Waals surface area contributed by atoms with Crippen LogP contribution in [0.5, 0.6) is 0 Å². The fourth-order valence-electron chi connectivity index (χ4n) is 4.00. The van der Waals surface area contributed by atoms with Crippen LogP contribution in [0.25, 0.3) is 0 Å². The van der Waals surface area contributed by atoms with Gasteiger partial charge in [-0.2, -0.15) is 0 Å². The predicted octanol–water partition coefficient (Wildman–Crippen LogP) is 0.499. The van der Waals surface area contributed by atoms with E-state index in [1.165, 1.54) is 0 Å². The second kappa shape index (κ2) is 7.11. The van der Waals surface area contributed by atoms with Crippen molar-refractivity contribution in [2.75, 3.05) is 25.0 Å². The van der Waals surface area contributed by atoms with Crippen molar-refractivity contribution in [1.82, 2.24) is 15.5 Å². The van der Waals surface area contributed by atoms with E-state index in [1.807, 2.05) is 0 Å². The third-order valence-electron chi connectivity index (χ3n) is 5.51. The summed E-state index contributed by atoms with van der Waals surface area (Å²) in [4.78, 5) is 50.3. The molecule has 0 radical (unpaired) electrons. The van der Waals surface area contributed by atoms with Crippen molar-refractivity contribution in [3.8, 4) is 0 Å². The SMILES string of the molecule is O=C1CCC(N2C(=O)c3cccc(NCC4CCNCC4)c3C2=O)C(=O)N1. The van der Waals surface area contributed by atoms with Crippen molar-refractivity contribution in [1.29, 1.82) is 0 Å². The molecule has 8 heteroatoms. The molecule has 0 aliphatic carbocycles. The van der Waals surface area contributed by atoms with Crippen LogP contribution in [0, 0.1) is 5.92 Å². The maximum Gasteiger partial charge on any atom is 0.264 e. The van der Waals surface area contributed by atoms with Crippen LogP contribution in [0.1, 0.15) is 46.4 Å². The molecule has 0 aromatic heterocycles. The zero-order valence-corrected chi connectivity index (χ0v) is 14.9. The van der Waals surface area contributed by atoms with Crippen LogP contribution in [0.2, 0.25) is 0 Å². The molecule has 2 saturated heterocycles. The van der Waals surface area contributed by atoms with Crippen LogP contribution in [-0.4, -0.2) is 54.2 Å². The highest BCUT2D eigenvalue weighted by Crippen LogP contribution is 2.32. The molecule has 3 N–H and O–H groups in total. The van der Waals surface area contributed by atoms with Crippen LogP contribution in [0.15, 0.2) is 18.2 Å². The fraction of sp³-hybridized carbons (Fsp3) is 0.474. The lowest BCUT2D eigenvalue weighted by molar-refractivity contribution is -0.136. The van der Waals surface area contributed by atoms with Crippen LogP contribution < -0.4 is 16.0 Å². The molecule has 2 fully saturated rings. The lowest BCUT2D eigenvalue weighted by atomic mass is 9.98. The average Bonchev–Trinajstić information content (AvgIpc) is 2.93. The number of hydrogen-bond donors (Lipinski definition) is 3. The number of hydrogen-bond acceptors (Lipinski definition) is 6. The summed E-state index contributed by atoms with van der Waals surface area (Å²) in [5.41, 5.74) is 1.25. The number of carbonyl (C=O) groups is 4. The first-order valence-electron chi connectivity index (χ1n) is 9.35. The molecule has 1 unspecified atom stereocenters. The average molecular weight is 370 g/mol. The standard InChI is InChI=1S/C19H22N4O4/c24-15-5-4-14(17(25)22-15)23-18(26)12-2-1-3-13(16(12)19(23)27)21-10-11-6-8-20-9-7-11/h1-3,11,14,20-21H,4-10H2,(H,22,24,25). The zero-order chi connectivity index (χ0) is 19.0. The topological polar surface area (TPSA) is 108 Å². The Bertz CT molecular complexity index is 816. The molecule has 3 aliphatic heterocycles. The van der Waals surface area contributed by atoms with Gasteiger partial charge in [0, 0.05) is 18.7 Å². The third-order valence-corrected chi connectivity index (χ3v) is 5.51. The van der Waals surface area contributed by atoms with E-state index in [1.54, 1.807) is 18.2 Å². The second-order valence-corrected chi connectivity index (χ2v) is 7.25. The van der Waals surface area contributed by atoms with Crippen molar-refractivity contribution in [3.63, 3.8) is 0 Å². The first-order chi connectivity index (χ1) is 13.1. The maximum atomic E-state index is 13.0. The summed E-state index contributed by atoms with van der Waals surface area (Å²) in [6.45, 7) is 2.71. The summed E-state index contributed by atoms with van der Waals surface area (Å²) in [6, 6.07) is 4.20. The smallest absolute Gasteiger partial charge is 0.264 e. The number of benzene rings is 1. The van der Waals surface area contributed by atoms with Crippen LogP contribution in [0.3, 0.4) is 0 Å². The molecule has 1 atom stereocenters. The number of imide groups is 2. The molecule has 4 amide bonds. The van der Waals surface area contributed by atoms with E-state index in [0.717, 1.165) is 37.4 Å². The molecule has 0 bridgehead atoms. The van der Waals surface area contributed by atoms with Gasteiger partial charge in [-0.3, -0.25) is 29.4 Å². The highest BCUT2D eigenvalue weighted by atomic mass is 16.2. The van der Waals surface area contributed by atoms with Gasteiger partial charge in [0.25, 0.3) is 11.8 Å². The number of anilines is 1. The summed E-state index contributed by atoms with van der Waals surface area (Å²) in [6.07, 6.45) is 2.41. The fourth-order valence-corrected chi connectivity index (χ4v) is 4.00. The minimum absolute atomic E-state index is 0.116. The largest absolute Gasteiger partial charge is 0.384 e. The monoisotopic (exact) mass is 370 g/mol. The van der Waals surface area contributed by atoms with Gasteiger partial charge in [-0.1, -0.05) is 6.07 Å². The molecule has 3 heterocycles. The number of nitrogens with one attached hydrogen (secondary N) is 3. The van der Waals surface area contributed by atoms with Crippen molar-refractivity contribution >= 4 is 29.3 Å². The summed E-state index contributed by atoms with van der Waals surface area (Å²) in [5.74, 6) is -1.41. The number of nitrogens with zero attached hydrogens (tertiary/aromatic N) is 1. The van der Waals surface area contributed by atoms with Gasteiger partial charge in [-0.25, -0.2) is 0 Å². The molecular formula is C19H22N4O4. The molecule has 3 aliphatic rings. The Morgan fingerprint density at radius 2 is 1.81 bits per heavy atom. The Hall–Kier alpha value is -2.74. The molecular weight excluding hydrogens is 348 g/mol. The first-order valence-corrected chi connectivity index (χ1v) is 9.35. The number of rotatable bonds is 4. The summed E-state index contributed by atoms with van der Waals surface area (Å²) in [7, 11) is 0. The molecule has 8 nitrogen and oxygen atoms in total. The molecule has 0 spiro atoms. The maximum absolute atomic E-state index is 13.0. The van der Waals surface area contributed by atoms with Gasteiger partial charge in [0.2, 0.25) is 11.8 Å². The van der Waals surface area contributed by atoms with Gasteiger partial charge >= 0.3 is 0 Å². The molecule has 142 valence electrons. The lowest BCUT2D eigenvalue weighted by Crippen LogP contribution is -2.54. The van der Waals surface area contributed by atoms with E-state index in [0.29, 0.717) is 22.7 Å². The van der Waals surface area contributed by atoms with E-state index in [9.17, 15) is 19.2 Å². The van der Waals surface area contributed by atoms with Gasteiger partial charge in [0.05, 0.1) is 11.1 Å². The zero-order valence-electron chi connectivity index (χ0n) is 14.9. The van der Waals surface area contributed by atoms with Gasteiger partial charge in [0.1, 0.15) is 6.04 Å². The highest BCUT2D eigenvalue weighted by Gasteiger charge is 2.45. The Kier molecular flexibility index (Phi) is 4.65. The quantitative estimate of drug-likeness (QED) is 0.666. The van der Waals surface area contributed by atoms with Crippen molar-refractivity contribution in [3.05, 3.63) is 29.3 Å². The molecule has 0 saturated carbocycles. The van der Waals surface area contributed by atoms with E-state index < -0.39 is 23.8 Å². The van der Waals surface area contributed by atoms with Gasteiger partial charge in [0.15, 0.2) is 0 Å². The summed E-state index contributed by atoms with van der Waals surface area (Å²) < 4.78 is 0. The number of fused-ring (bicyclic) bond motifs is 1. The third kappa shape index (κ3) is 3.21. The Morgan fingerprint density at radius 3 is 2.56 bits per heavy atom. The predicted molar refractivity (Wildman–Crippen MR) is 97.2 cm³/mol. The molecule has 1 aromatic rings. The normalized spacial score (nSPS) is 23.4. The Balaban J connectivity index is 1.55.